The summed E-state index contributed by atoms with van der Waals surface area (Å²) in [4.78, 5) is 14.0. The van der Waals surface area contributed by atoms with Crippen molar-refractivity contribution in [2.45, 2.75) is 58.1 Å². The highest BCUT2D eigenvalue weighted by molar-refractivity contribution is 5.75. The monoisotopic (exact) mass is 337 g/mol. The Morgan fingerprint density at radius 1 is 1.42 bits per heavy atom. The largest absolute Gasteiger partial charge is 0.491 e. The molecule has 0 radical (unpaired) electrons. The number of piperidine rings is 1. The van der Waals surface area contributed by atoms with E-state index in [4.69, 9.17) is 9.47 Å². The van der Waals surface area contributed by atoms with Crippen molar-refractivity contribution in [3.8, 4) is 5.75 Å². The molecule has 1 aliphatic rings. The van der Waals surface area contributed by atoms with Gasteiger partial charge in [-0.05, 0) is 44.4 Å². The fourth-order valence-corrected chi connectivity index (χ4v) is 3.02. The molecule has 2 rings (SSSR count). The minimum atomic E-state index is -0.472. The molecule has 1 saturated heterocycles. The summed E-state index contributed by atoms with van der Waals surface area (Å²) in [5.74, 6) is 0.353. The summed E-state index contributed by atoms with van der Waals surface area (Å²) in [6.07, 6.45) is 0.580. The van der Waals surface area contributed by atoms with E-state index < -0.39 is 12.1 Å². The number of carbonyl (C=O) groups is 1. The first-order valence-corrected chi connectivity index (χ1v) is 8.33. The quantitative estimate of drug-likeness (QED) is 0.765. The number of esters is 1. The molecule has 0 aromatic heterocycles. The highest BCUT2D eigenvalue weighted by atomic mass is 16.5. The maximum atomic E-state index is 12.0. The number of ether oxygens (including phenoxy) is 2. The van der Waals surface area contributed by atoms with Gasteiger partial charge in [0.05, 0.1) is 25.9 Å². The summed E-state index contributed by atoms with van der Waals surface area (Å²) >= 11 is 0. The molecule has 24 heavy (non-hydrogen) atoms. The molecule has 6 nitrogen and oxygen atoms in total. The molecule has 134 valence electrons. The van der Waals surface area contributed by atoms with Crippen LogP contribution < -0.4 is 4.74 Å². The van der Waals surface area contributed by atoms with E-state index >= 15 is 0 Å². The van der Waals surface area contributed by atoms with Crippen LogP contribution in [0.4, 0.5) is 0 Å². The number of aliphatic hydroxyl groups is 2. The average molecular weight is 337 g/mol. The minimum Gasteiger partial charge on any atom is -0.491 e. The second-order valence-corrected chi connectivity index (χ2v) is 6.45. The van der Waals surface area contributed by atoms with Crippen molar-refractivity contribution < 1.29 is 24.5 Å². The van der Waals surface area contributed by atoms with Gasteiger partial charge in [0.1, 0.15) is 11.8 Å². The summed E-state index contributed by atoms with van der Waals surface area (Å²) < 4.78 is 10.6. The lowest BCUT2D eigenvalue weighted by molar-refractivity contribution is -0.150. The Balaban J connectivity index is 2.15. The van der Waals surface area contributed by atoms with Crippen LogP contribution in [0.2, 0.25) is 0 Å². The van der Waals surface area contributed by atoms with E-state index in [0.717, 1.165) is 11.1 Å². The second-order valence-electron chi connectivity index (χ2n) is 6.45. The van der Waals surface area contributed by atoms with Gasteiger partial charge in [0.25, 0.3) is 0 Å². The molecule has 0 saturated carbocycles. The Morgan fingerprint density at radius 3 is 2.79 bits per heavy atom. The first-order valence-electron chi connectivity index (χ1n) is 8.33. The van der Waals surface area contributed by atoms with E-state index in [1.165, 1.54) is 7.11 Å². The fraction of sp³-hybridized carbons (Fsp3) is 0.611. The second kappa shape index (κ2) is 8.46. The highest BCUT2D eigenvalue weighted by Gasteiger charge is 2.33. The molecule has 0 aliphatic carbocycles. The van der Waals surface area contributed by atoms with Gasteiger partial charge in [-0.15, -0.1) is 0 Å². The number of hydrogen-bond donors (Lipinski definition) is 2. The van der Waals surface area contributed by atoms with Crippen LogP contribution in [-0.4, -0.2) is 53.0 Å². The summed E-state index contributed by atoms with van der Waals surface area (Å²) in [5, 5.41) is 19.4. The molecule has 6 heteroatoms. The molecule has 1 aromatic carbocycles. The molecule has 2 N–H and O–H groups in total. The Kier molecular flexibility index (Phi) is 6.60. The molecule has 1 aromatic rings. The first kappa shape index (κ1) is 18.7. The standard InChI is InChI=1S/C18H27NO5/c1-12(2)24-17-5-4-13(8-14(17)11-20)10-19-7-6-15(21)9-16(19)18(22)23-3/h4-5,8,12,15-16,20-21H,6-7,9-11H2,1-3H3/t15-,16+/m1/s1. The molecular weight excluding hydrogens is 310 g/mol. The third kappa shape index (κ3) is 4.69. The van der Waals surface area contributed by atoms with Crippen molar-refractivity contribution in [3.63, 3.8) is 0 Å². The van der Waals surface area contributed by atoms with E-state index in [1.807, 2.05) is 36.9 Å². The minimum absolute atomic E-state index is 0.0356. The zero-order chi connectivity index (χ0) is 17.7. The lowest BCUT2D eigenvalue weighted by Crippen LogP contribution is -2.48. The van der Waals surface area contributed by atoms with Gasteiger partial charge in [0, 0.05) is 18.7 Å². The number of benzene rings is 1. The van der Waals surface area contributed by atoms with Gasteiger partial charge in [0.2, 0.25) is 0 Å². The summed E-state index contributed by atoms with van der Waals surface area (Å²) in [6.45, 7) is 4.96. The van der Waals surface area contributed by atoms with Crippen molar-refractivity contribution in [3.05, 3.63) is 29.3 Å². The van der Waals surface area contributed by atoms with Crippen LogP contribution in [0.25, 0.3) is 0 Å². The molecule has 0 spiro atoms. The average Bonchev–Trinajstić information content (AvgIpc) is 2.56. The molecule has 2 atom stereocenters. The van der Waals surface area contributed by atoms with Crippen LogP contribution in [0.5, 0.6) is 5.75 Å². The Morgan fingerprint density at radius 2 is 2.17 bits per heavy atom. The van der Waals surface area contributed by atoms with Crippen molar-refractivity contribution in [2.75, 3.05) is 13.7 Å². The van der Waals surface area contributed by atoms with Crippen molar-refractivity contribution >= 4 is 5.97 Å². The number of methoxy groups -OCH3 is 1. The lowest BCUT2D eigenvalue weighted by Gasteiger charge is -2.36. The Hall–Kier alpha value is -1.63. The zero-order valence-corrected chi connectivity index (χ0v) is 14.6. The van der Waals surface area contributed by atoms with Crippen molar-refractivity contribution in [2.24, 2.45) is 0 Å². The summed E-state index contributed by atoms with van der Waals surface area (Å²) in [5.41, 5.74) is 1.72. The molecule has 1 aliphatic heterocycles. The maximum Gasteiger partial charge on any atom is 0.323 e. The number of nitrogens with zero attached hydrogens (tertiary/aromatic N) is 1. The van der Waals surface area contributed by atoms with Crippen LogP contribution in [-0.2, 0) is 22.7 Å². The Labute approximate surface area is 143 Å². The zero-order valence-electron chi connectivity index (χ0n) is 14.6. The number of carbonyl (C=O) groups excluding carboxylic acids is 1. The predicted octanol–water partition coefficient (Wildman–Crippen LogP) is 1.46. The summed E-state index contributed by atoms with van der Waals surface area (Å²) in [6, 6.07) is 5.25. The lowest BCUT2D eigenvalue weighted by atomic mass is 9.98. The molecule has 1 heterocycles. The third-order valence-electron chi connectivity index (χ3n) is 4.20. The van der Waals surface area contributed by atoms with E-state index in [0.29, 0.717) is 31.7 Å². The normalized spacial score (nSPS) is 21.8. The van der Waals surface area contributed by atoms with Gasteiger partial charge in [-0.2, -0.15) is 0 Å². The van der Waals surface area contributed by atoms with Gasteiger partial charge in [-0.3, -0.25) is 9.69 Å². The van der Waals surface area contributed by atoms with E-state index in [-0.39, 0.29) is 18.7 Å². The maximum absolute atomic E-state index is 12.0. The first-order chi connectivity index (χ1) is 11.4. The molecule has 0 bridgehead atoms. The van der Waals surface area contributed by atoms with Crippen LogP contribution in [0.3, 0.4) is 0 Å². The van der Waals surface area contributed by atoms with E-state index in [1.54, 1.807) is 0 Å². The van der Waals surface area contributed by atoms with Crippen LogP contribution in [0, 0.1) is 0 Å². The van der Waals surface area contributed by atoms with Gasteiger partial charge in [-0.25, -0.2) is 0 Å². The van der Waals surface area contributed by atoms with E-state index in [2.05, 4.69) is 0 Å². The number of hydrogen-bond acceptors (Lipinski definition) is 6. The van der Waals surface area contributed by atoms with Gasteiger partial charge < -0.3 is 19.7 Å². The Bertz CT molecular complexity index is 560. The molecular formula is C18H27NO5. The van der Waals surface area contributed by atoms with Crippen LogP contribution in [0.15, 0.2) is 18.2 Å². The number of aliphatic hydroxyl groups excluding tert-OH is 2. The van der Waals surface area contributed by atoms with Crippen molar-refractivity contribution in [1.82, 2.24) is 4.90 Å². The molecule has 0 amide bonds. The summed E-state index contributed by atoms with van der Waals surface area (Å²) in [7, 11) is 1.36. The highest BCUT2D eigenvalue weighted by Crippen LogP contribution is 2.25. The van der Waals surface area contributed by atoms with Gasteiger partial charge in [-0.1, -0.05) is 6.07 Å². The topological polar surface area (TPSA) is 79.2 Å². The van der Waals surface area contributed by atoms with Crippen LogP contribution in [0.1, 0.15) is 37.8 Å². The number of likely N-dealkylation sites (tertiary alicyclic amines) is 1. The van der Waals surface area contributed by atoms with Gasteiger partial charge in [0.15, 0.2) is 0 Å². The molecule has 1 fully saturated rings. The molecule has 0 unspecified atom stereocenters. The van der Waals surface area contributed by atoms with Crippen LogP contribution >= 0.6 is 0 Å². The third-order valence-corrected chi connectivity index (χ3v) is 4.20. The van der Waals surface area contributed by atoms with Gasteiger partial charge >= 0.3 is 5.97 Å². The smallest absolute Gasteiger partial charge is 0.323 e. The number of rotatable bonds is 6. The predicted molar refractivity (Wildman–Crippen MR) is 89.6 cm³/mol. The van der Waals surface area contributed by atoms with E-state index in [9.17, 15) is 15.0 Å². The SMILES string of the molecule is COC(=O)[C@@H]1C[C@H](O)CCN1Cc1ccc(OC(C)C)c(CO)c1. The fourth-order valence-electron chi connectivity index (χ4n) is 3.02. The van der Waals surface area contributed by atoms with Crippen molar-refractivity contribution in [1.29, 1.82) is 0 Å².